The zero-order valence-corrected chi connectivity index (χ0v) is 23.9. The van der Waals surface area contributed by atoms with Crippen molar-refractivity contribution in [1.29, 1.82) is 0 Å². The van der Waals surface area contributed by atoms with Crippen LogP contribution in [0, 0.1) is 0 Å². The van der Waals surface area contributed by atoms with Crippen molar-refractivity contribution in [3.63, 3.8) is 0 Å². The minimum Gasteiger partial charge on any atom is -0.337 e. The minimum atomic E-state index is 0.556. The molecule has 212 valence electrons. The highest BCUT2D eigenvalue weighted by molar-refractivity contribution is 5.55. The maximum absolute atomic E-state index is 4.73. The molecular weight excluding hydrogens is 512 g/mol. The van der Waals surface area contributed by atoms with E-state index in [2.05, 4.69) is 107 Å². The summed E-state index contributed by atoms with van der Waals surface area (Å²) in [7, 11) is 4.34. The summed E-state index contributed by atoms with van der Waals surface area (Å²) in [6.45, 7) is 6.39. The molecule has 10 heteroatoms. The lowest BCUT2D eigenvalue weighted by molar-refractivity contribution is 0.265. The van der Waals surface area contributed by atoms with Gasteiger partial charge >= 0.3 is 0 Å². The number of aromatic nitrogens is 5. The Bertz CT molecular complexity index is 1400. The highest BCUT2D eigenvalue weighted by atomic mass is 15.4. The van der Waals surface area contributed by atoms with Gasteiger partial charge in [0.1, 0.15) is 6.33 Å². The van der Waals surface area contributed by atoms with Crippen LogP contribution in [0.25, 0.3) is 0 Å². The molecule has 2 aliphatic rings. The molecule has 2 aromatic carbocycles. The third-order valence-electron chi connectivity index (χ3n) is 7.91. The van der Waals surface area contributed by atoms with Gasteiger partial charge in [-0.05, 0) is 49.3 Å². The number of hydrogen-bond donors (Lipinski definition) is 1. The summed E-state index contributed by atoms with van der Waals surface area (Å²) in [4.78, 5) is 32.1. The smallest absolute Gasteiger partial charge is 0.231 e. The van der Waals surface area contributed by atoms with E-state index in [-0.39, 0.29) is 0 Å². The molecule has 0 unspecified atom stereocenters. The third-order valence-corrected chi connectivity index (χ3v) is 7.91. The number of nitrogens with one attached hydrogen (secondary N) is 1. The average Bonchev–Trinajstić information content (AvgIpc) is 3.48. The Balaban J connectivity index is 1.02. The van der Waals surface area contributed by atoms with Gasteiger partial charge < -0.3 is 20.0 Å². The third kappa shape index (κ3) is 6.96. The zero-order valence-electron chi connectivity index (χ0n) is 23.9. The Labute approximate surface area is 242 Å². The SMILES string of the molecule is CN(C)[C@@H]1CCN(Cc2cccc(Nc3ncnc(N4CCN(c5ncc(Cc6ccccc6)cn5)CC4)n3)c2)C1. The molecule has 0 saturated carbocycles. The van der Waals surface area contributed by atoms with Crippen molar-refractivity contribution in [3.05, 3.63) is 90.0 Å². The first kappa shape index (κ1) is 27.0. The van der Waals surface area contributed by atoms with E-state index in [1.807, 2.05) is 18.5 Å². The molecule has 0 bridgehead atoms. The largest absolute Gasteiger partial charge is 0.337 e. The number of likely N-dealkylation sites (tertiary alicyclic amines) is 1. The maximum Gasteiger partial charge on any atom is 0.231 e. The molecule has 10 nitrogen and oxygen atoms in total. The molecule has 0 radical (unpaired) electrons. The molecule has 1 atom stereocenters. The second-order valence-electron chi connectivity index (χ2n) is 11.1. The Morgan fingerprint density at radius 2 is 1.51 bits per heavy atom. The molecule has 2 fully saturated rings. The van der Waals surface area contributed by atoms with Crippen molar-refractivity contribution in [2.45, 2.75) is 25.4 Å². The van der Waals surface area contributed by atoms with Gasteiger partial charge in [-0.15, -0.1) is 0 Å². The number of rotatable bonds is 9. The molecule has 0 aliphatic carbocycles. The summed E-state index contributed by atoms with van der Waals surface area (Å²) in [5.74, 6) is 2.01. The van der Waals surface area contributed by atoms with Gasteiger partial charge in [-0.25, -0.2) is 19.9 Å². The molecule has 2 aliphatic heterocycles. The monoisotopic (exact) mass is 550 g/mol. The minimum absolute atomic E-state index is 0.556. The van der Waals surface area contributed by atoms with E-state index in [1.165, 1.54) is 17.5 Å². The second-order valence-corrected chi connectivity index (χ2v) is 11.1. The Hall–Kier alpha value is -4.15. The van der Waals surface area contributed by atoms with E-state index in [0.29, 0.717) is 17.9 Å². The molecule has 41 heavy (non-hydrogen) atoms. The Morgan fingerprint density at radius 3 is 2.24 bits per heavy atom. The van der Waals surface area contributed by atoms with Crippen LogP contribution >= 0.6 is 0 Å². The van der Waals surface area contributed by atoms with Crippen molar-refractivity contribution < 1.29 is 0 Å². The van der Waals surface area contributed by atoms with Crippen LogP contribution in [-0.4, -0.2) is 94.1 Å². The van der Waals surface area contributed by atoms with Crippen molar-refractivity contribution in [3.8, 4) is 0 Å². The van der Waals surface area contributed by atoms with Gasteiger partial charge in [0, 0.05) is 76.4 Å². The molecular formula is C31H38N10. The summed E-state index contributed by atoms with van der Waals surface area (Å²) in [5, 5.41) is 3.39. The fourth-order valence-electron chi connectivity index (χ4n) is 5.55. The van der Waals surface area contributed by atoms with Crippen molar-refractivity contribution in [2.24, 2.45) is 0 Å². The highest BCUT2D eigenvalue weighted by Crippen LogP contribution is 2.21. The molecule has 4 aromatic rings. The van der Waals surface area contributed by atoms with E-state index < -0.39 is 0 Å². The van der Waals surface area contributed by atoms with Crippen molar-refractivity contribution in [1.82, 2.24) is 34.7 Å². The zero-order chi connectivity index (χ0) is 28.0. The topological polar surface area (TPSA) is 89.4 Å². The first-order valence-corrected chi connectivity index (χ1v) is 14.4. The van der Waals surface area contributed by atoms with Crippen molar-refractivity contribution >= 4 is 23.5 Å². The predicted octanol–water partition coefficient (Wildman–Crippen LogP) is 3.46. The summed E-state index contributed by atoms with van der Waals surface area (Å²) < 4.78 is 0. The van der Waals surface area contributed by atoms with Crippen LogP contribution < -0.4 is 15.1 Å². The normalized spacial score (nSPS) is 17.8. The molecule has 6 rings (SSSR count). The number of nitrogens with zero attached hydrogens (tertiary/aromatic N) is 9. The van der Waals surface area contributed by atoms with Crippen LogP contribution in [0.4, 0.5) is 23.5 Å². The summed E-state index contributed by atoms with van der Waals surface area (Å²) in [6, 6.07) is 19.6. The number of anilines is 4. The second kappa shape index (κ2) is 12.6. The lowest BCUT2D eigenvalue weighted by Crippen LogP contribution is -2.47. The molecule has 1 N–H and O–H groups in total. The standard InChI is InChI=1S/C31H38N10/c1-38(2)28-11-12-39(22-28)21-25-9-6-10-27(18-25)36-29-34-23-35-31(37-29)41-15-13-40(14-16-41)30-32-19-26(20-33-30)17-24-7-4-3-5-8-24/h3-10,18-20,23,28H,11-17,21-22H2,1-2H3,(H,34,35,36,37)/t28-/m1/s1. The average molecular weight is 551 g/mol. The number of piperazine rings is 1. The number of likely N-dealkylation sites (N-methyl/N-ethyl adjacent to an activating group) is 1. The summed E-state index contributed by atoms with van der Waals surface area (Å²) in [5.41, 5.74) is 4.65. The fraction of sp³-hybridized carbons (Fsp3) is 0.387. The lowest BCUT2D eigenvalue weighted by Gasteiger charge is -2.34. The quantitative estimate of drug-likeness (QED) is 0.334. The number of hydrogen-bond acceptors (Lipinski definition) is 10. The first-order valence-electron chi connectivity index (χ1n) is 14.4. The Morgan fingerprint density at radius 1 is 0.780 bits per heavy atom. The van der Waals surface area contributed by atoms with Gasteiger partial charge in [0.2, 0.25) is 17.8 Å². The lowest BCUT2D eigenvalue weighted by atomic mass is 10.1. The maximum atomic E-state index is 4.73. The summed E-state index contributed by atoms with van der Waals surface area (Å²) >= 11 is 0. The van der Waals surface area contributed by atoms with Crippen molar-refractivity contribution in [2.75, 3.05) is 68.5 Å². The van der Waals surface area contributed by atoms with Gasteiger partial charge in [-0.2, -0.15) is 4.98 Å². The van der Waals surface area contributed by atoms with E-state index in [4.69, 9.17) is 4.98 Å². The van der Waals surface area contributed by atoms with Gasteiger partial charge in [0.05, 0.1) is 0 Å². The molecule has 0 spiro atoms. The molecule has 4 heterocycles. The van der Waals surface area contributed by atoms with Gasteiger partial charge in [0.15, 0.2) is 0 Å². The van der Waals surface area contributed by atoms with Gasteiger partial charge in [-0.3, -0.25) is 4.90 Å². The number of benzene rings is 2. The molecule has 2 aromatic heterocycles. The van der Waals surface area contributed by atoms with Gasteiger partial charge in [0.25, 0.3) is 0 Å². The van der Waals surface area contributed by atoms with Crippen LogP contribution in [0.1, 0.15) is 23.1 Å². The van der Waals surface area contributed by atoms with Crippen LogP contribution in [-0.2, 0) is 13.0 Å². The first-order chi connectivity index (χ1) is 20.1. The van der Waals surface area contributed by atoms with Crippen LogP contribution in [0.3, 0.4) is 0 Å². The van der Waals surface area contributed by atoms with Crippen LogP contribution in [0.2, 0.25) is 0 Å². The van der Waals surface area contributed by atoms with E-state index in [1.54, 1.807) is 6.33 Å². The van der Waals surface area contributed by atoms with E-state index in [9.17, 15) is 0 Å². The molecule has 0 amide bonds. The highest BCUT2D eigenvalue weighted by Gasteiger charge is 2.24. The molecule has 2 saturated heterocycles. The van der Waals surface area contributed by atoms with Gasteiger partial charge in [-0.1, -0.05) is 42.5 Å². The Kier molecular flexibility index (Phi) is 8.29. The summed E-state index contributed by atoms with van der Waals surface area (Å²) in [6.07, 6.45) is 7.52. The van der Waals surface area contributed by atoms with Crippen LogP contribution in [0.15, 0.2) is 73.3 Å². The van der Waals surface area contributed by atoms with Crippen LogP contribution in [0.5, 0.6) is 0 Å². The van der Waals surface area contributed by atoms with E-state index in [0.717, 1.165) is 69.4 Å². The van der Waals surface area contributed by atoms with E-state index >= 15 is 0 Å². The predicted molar refractivity (Wildman–Crippen MR) is 163 cm³/mol. The fourth-order valence-corrected chi connectivity index (χ4v) is 5.55.